The van der Waals surface area contributed by atoms with E-state index in [1.54, 1.807) is 32.3 Å². The van der Waals surface area contributed by atoms with Gasteiger partial charge in [-0.1, -0.05) is 12.1 Å². The Morgan fingerprint density at radius 3 is 2.50 bits per heavy atom. The fourth-order valence-corrected chi connectivity index (χ4v) is 3.56. The van der Waals surface area contributed by atoms with Crippen molar-refractivity contribution in [1.29, 1.82) is 0 Å². The molecular weight excluding hydrogens is 298 g/mol. The molecule has 0 amide bonds. The van der Waals surface area contributed by atoms with Crippen LogP contribution in [-0.2, 0) is 22.9 Å². The fourth-order valence-electron chi connectivity index (χ4n) is 2.66. The fraction of sp³-hybridized carbons (Fsp3) is 0.375. The Morgan fingerprint density at radius 1 is 1.14 bits per heavy atom. The molecule has 5 nitrogen and oxygen atoms in total. The summed E-state index contributed by atoms with van der Waals surface area (Å²) in [5.74, 6) is 0.691. The van der Waals surface area contributed by atoms with E-state index in [0.717, 1.165) is 12.0 Å². The summed E-state index contributed by atoms with van der Waals surface area (Å²) in [7, 11) is -3.24. The number of aromatic nitrogens is 2. The zero-order valence-corrected chi connectivity index (χ0v) is 13.5. The van der Waals surface area contributed by atoms with E-state index in [-0.39, 0.29) is 6.04 Å². The molecule has 1 atom stereocenters. The highest BCUT2D eigenvalue weighted by Crippen LogP contribution is 2.27. The third-order valence-corrected chi connectivity index (χ3v) is 5.82. The summed E-state index contributed by atoms with van der Waals surface area (Å²) in [5, 5.41) is -0.413. The van der Waals surface area contributed by atoms with Crippen molar-refractivity contribution in [3.63, 3.8) is 0 Å². The minimum absolute atomic E-state index is 0.0608. The molecule has 0 fully saturated rings. The molecule has 0 radical (unpaired) electrons. The van der Waals surface area contributed by atoms with Crippen LogP contribution in [-0.4, -0.2) is 29.7 Å². The molecule has 0 saturated heterocycles. The first-order valence-corrected chi connectivity index (χ1v) is 8.90. The van der Waals surface area contributed by atoms with E-state index < -0.39 is 15.3 Å². The average Bonchev–Trinajstić information content (AvgIpc) is 2.88. The van der Waals surface area contributed by atoms with Gasteiger partial charge in [-0.2, -0.15) is 0 Å². The monoisotopic (exact) mass is 317 g/mol. The molecule has 0 spiro atoms. The predicted molar refractivity (Wildman–Crippen MR) is 85.9 cm³/mol. The number of nitrogens with one attached hydrogen (secondary N) is 1. The van der Waals surface area contributed by atoms with Gasteiger partial charge in [0.25, 0.3) is 0 Å². The summed E-state index contributed by atoms with van der Waals surface area (Å²) in [4.78, 5) is 8.51. The van der Waals surface area contributed by atoms with E-state index in [9.17, 15) is 8.42 Å². The van der Waals surface area contributed by atoms with E-state index in [0.29, 0.717) is 12.2 Å². The number of fused-ring (bicyclic) bond motifs is 1. The maximum atomic E-state index is 12.0. The van der Waals surface area contributed by atoms with Crippen LogP contribution in [0.15, 0.2) is 36.7 Å². The Morgan fingerprint density at radius 2 is 1.82 bits per heavy atom. The van der Waals surface area contributed by atoms with Gasteiger partial charge in [0.2, 0.25) is 10.0 Å². The van der Waals surface area contributed by atoms with Crippen molar-refractivity contribution in [2.45, 2.75) is 38.0 Å². The molecular formula is C16H19N3O2S. The molecule has 1 unspecified atom stereocenters. The topological polar surface area (TPSA) is 72.0 Å². The number of rotatable bonds is 4. The predicted octanol–water partition coefficient (Wildman–Crippen LogP) is 1.94. The van der Waals surface area contributed by atoms with Gasteiger partial charge in [-0.05, 0) is 49.9 Å². The maximum Gasteiger partial charge on any atom is 0.214 e. The van der Waals surface area contributed by atoms with Crippen molar-refractivity contribution in [2.75, 3.05) is 0 Å². The standard InChI is InChI=1S/C16H19N3O2S/c1-11(2)22(20,21)19-15-9-12-4-5-13(8-14(12)10-15)16-17-6-3-7-18-16/h3-8,11,15,19H,9-10H2,1-2H3. The van der Waals surface area contributed by atoms with Crippen LogP contribution in [0.5, 0.6) is 0 Å². The second-order valence-corrected chi connectivity index (χ2v) is 8.14. The Hall–Kier alpha value is -1.79. The van der Waals surface area contributed by atoms with Gasteiger partial charge in [-0.15, -0.1) is 0 Å². The van der Waals surface area contributed by atoms with Gasteiger partial charge in [0.1, 0.15) is 0 Å². The third kappa shape index (κ3) is 3.03. The molecule has 2 aromatic rings. The van der Waals surface area contributed by atoms with Crippen LogP contribution in [0.2, 0.25) is 0 Å². The molecule has 1 heterocycles. The largest absolute Gasteiger partial charge is 0.237 e. The van der Waals surface area contributed by atoms with Gasteiger partial charge in [0.05, 0.1) is 5.25 Å². The maximum absolute atomic E-state index is 12.0. The first-order valence-electron chi connectivity index (χ1n) is 7.36. The van der Waals surface area contributed by atoms with Crippen molar-refractivity contribution in [3.05, 3.63) is 47.8 Å². The Kier molecular flexibility index (Phi) is 3.97. The van der Waals surface area contributed by atoms with Gasteiger partial charge in [0, 0.05) is 24.0 Å². The van der Waals surface area contributed by atoms with Crippen LogP contribution in [0.25, 0.3) is 11.4 Å². The first kappa shape index (κ1) is 15.1. The molecule has 1 aliphatic rings. The molecule has 0 bridgehead atoms. The summed E-state index contributed by atoms with van der Waals surface area (Å²) < 4.78 is 26.8. The summed E-state index contributed by atoms with van der Waals surface area (Å²) in [6.45, 7) is 3.38. The van der Waals surface area contributed by atoms with Gasteiger partial charge < -0.3 is 0 Å². The van der Waals surface area contributed by atoms with Crippen molar-refractivity contribution >= 4 is 10.0 Å². The van der Waals surface area contributed by atoms with Gasteiger partial charge in [0.15, 0.2) is 5.82 Å². The third-order valence-electron chi connectivity index (χ3n) is 3.91. The summed E-state index contributed by atoms with van der Waals surface area (Å²) in [5.41, 5.74) is 3.32. The summed E-state index contributed by atoms with van der Waals surface area (Å²) in [6.07, 6.45) is 4.88. The number of sulfonamides is 1. The second kappa shape index (κ2) is 5.78. The lowest BCUT2D eigenvalue weighted by molar-refractivity contribution is 0.547. The van der Waals surface area contributed by atoms with E-state index in [1.807, 2.05) is 12.1 Å². The number of hydrogen-bond donors (Lipinski definition) is 1. The van der Waals surface area contributed by atoms with Crippen LogP contribution in [0.4, 0.5) is 0 Å². The van der Waals surface area contributed by atoms with Crippen molar-refractivity contribution in [3.8, 4) is 11.4 Å². The molecule has 0 saturated carbocycles. The second-order valence-electron chi connectivity index (χ2n) is 5.87. The van der Waals surface area contributed by atoms with E-state index in [1.165, 1.54) is 11.1 Å². The summed E-state index contributed by atoms with van der Waals surface area (Å²) in [6, 6.07) is 7.83. The Bertz CT molecular complexity index is 773. The van der Waals surface area contributed by atoms with Crippen LogP contribution < -0.4 is 4.72 Å². The van der Waals surface area contributed by atoms with Crippen molar-refractivity contribution in [1.82, 2.24) is 14.7 Å². The molecule has 1 aromatic heterocycles. The Labute approximate surface area is 130 Å². The minimum atomic E-state index is -3.24. The SMILES string of the molecule is CC(C)S(=O)(=O)NC1Cc2ccc(-c3ncccn3)cc2C1. The van der Waals surface area contributed by atoms with E-state index in [2.05, 4.69) is 20.8 Å². The quantitative estimate of drug-likeness (QED) is 0.935. The molecule has 22 heavy (non-hydrogen) atoms. The number of benzene rings is 1. The van der Waals surface area contributed by atoms with Crippen LogP contribution in [0.1, 0.15) is 25.0 Å². The highest BCUT2D eigenvalue weighted by Gasteiger charge is 2.27. The van der Waals surface area contributed by atoms with Gasteiger partial charge >= 0.3 is 0 Å². The average molecular weight is 317 g/mol. The van der Waals surface area contributed by atoms with Crippen LogP contribution in [0, 0.1) is 0 Å². The molecule has 116 valence electrons. The zero-order chi connectivity index (χ0) is 15.7. The highest BCUT2D eigenvalue weighted by atomic mass is 32.2. The zero-order valence-electron chi connectivity index (χ0n) is 12.7. The van der Waals surface area contributed by atoms with Crippen molar-refractivity contribution in [2.24, 2.45) is 0 Å². The first-order chi connectivity index (χ1) is 10.5. The Balaban J connectivity index is 1.80. The van der Waals surface area contributed by atoms with E-state index in [4.69, 9.17) is 0 Å². The molecule has 1 N–H and O–H groups in total. The molecule has 0 aliphatic heterocycles. The van der Waals surface area contributed by atoms with E-state index >= 15 is 0 Å². The molecule has 1 aromatic carbocycles. The lowest BCUT2D eigenvalue weighted by atomic mass is 10.1. The van der Waals surface area contributed by atoms with Crippen molar-refractivity contribution < 1.29 is 8.42 Å². The number of hydrogen-bond acceptors (Lipinski definition) is 4. The van der Waals surface area contributed by atoms with Gasteiger partial charge in [-0.3, -0.25) is 0 Å². The highest BCUT2D eigenvalue weighted by molar-refractivity contribution is 7.90. The molecule has 6 heteroatoms. The smallest absolute Gasteiger partial charge is 0.214 e. The lowest BCUT2D eigenvalue weighted by Crippen LogP contribution is -2.39. The molecule has 3 rings (SSSR count). The van der Waals surface area contributed by atoms with Gasteiger partial charge in [-0.25, -0.2) is 23.1 Å². The molecule has 1 aliphatic carbocycles. The van der Waals surface area contributed by atoms with Crippen LogP contribution >= 0.6 is 0 Å². The van der Waals surface area contributed by atoms with Crippen LogP contribution in [0.3, 0.4) is 0 Å². The lowest BCUT2D eigenvalue weighted by Gasteiger charge is -2.14. The summed E-state index contributed by atoms with van der Waals surface area (Å²) >= 11 is 0. The minimum Gasteiger partial charge on any atom is -0.237 e. The normalized spacial score (nSPS) is 17.7. The number of nitrogens with zero attached hydrogens (tertiary/aromatic N) is 2.